The van der Waals surface area contributed by atoms with Crippen LogP contribution in [0.4, 0.5) is 5.95 Å². The van der Waals surface area contributed by atoms with Gasteiger partial charge >= 0.3 is 0 Å². The van der Waals surface area contributed by atoms with Crippen molar-refractivity contribution in [2.45, 2.75) is 59.0 Å². The van der Waals surface area contributed by atoms with Gasteiger partial charge in [0.1, 0.15) is 0 Å². The van der Waals surface area contributed by atoms with E-state index >= 15 is 0 Å². The number of nitrogens with zero attached hydrogens (tertiary/aromatic N) is 2. The minimum atomic E-state index is 0.181. The van der Waals surface area contributed by atoms with Gasteiger partial charge in [-0.1, -0.05) is 26.2 Å². The highest BCUT2D eigenvalue weighted by molar-refractivity contribution is 5.25. The Morgan fingerprint density at radius 1 is 1.29 bits per heavy atom. The topological polar surface area (TPSA) is 61.0 Å². The molecule has 1 heterocycles. The minimum Gasteiger partial charge on any atom is -0.475 e. The number of hydrogen-bond donors (Lipinski definition) is 1. The number of anilines is 1. The second kappa shape index (κ2) is 7.09. The van der Waals surface area contributed by atoms with E-state index in [2.05, 4.69) is 23.8 Å². The Kier molecular flexibility index (Phi) is 5.73. The van der Waals surface area contributed by atoms with Gasteiger partial charge in [0.15, 0.2) is 0 Å². The molecule has 4 heteroatoms. The number of ether oxygens (including phenoxy) is 1. The lowest BCUT2D eigenvalue weighted by Gasteiger charge is -2.14. The number of nitrogen functional groups attached to an aromatic ring is 1. The summed E-state index contributed by atoms with van der Waals surface area (Å²) >= 11 is 0. The van der Waals surface area contributed by atoms with Crippen molar-refractivity contribution in [1.82, 2.24) is 9.97 Å². The largest absolute Gasteiger partial charge is 0.475 e. The Morgan fingerprint density at radius 3 is 2.71 bits per heavy atom. The zero-order valence-corrected chi connectivity index (χ0v) is 11.1. The summed E-state index contributed by atoms with van der Waals surface area (Å²) in [6.07, 6.45) is 6.27. The second-order valence-electron chi connectivity index (χ2n) is 4.48. The van der Waals surface area contributed by atoms with Crippen molar-refractivity contribution in [3.8, 4) is 5.88 Å². The Balaban J connectivity index is 2.36. The van der Waals surface area contributed by atoms with Crippen molar-refractivity contribution >= 4 is 5.95 Å². The average Bonchev–Trinajstić information content (AvgIpc) is 2.23. The average molecular weight is 237 g/mol. The number of nitrogens with two attached hydrogens (primary N) is 1. The number of unbranched alkanes of at least 4 members (excludes halogenated alkanes) is 3. The van der Waals surface area contributed by atoms with E-state index in [4.69, 9.17) is 10.5 Å². The van der Waals surface area contributed by atoms with Gasteiger partial charge in [0, 0.05) is 11.8 Å². The van der Waals surface area contributed by atoms with Crippen LogP contribution in [0.25, 0.3) is 0 Å². The molecule has 1 aromatic rings. The van der Waals surface area contributed by atoms with Crippen molar-refractivity contribution in [2.75, 3.05) is 5.73 Å². The number of rotatable bonds is 7. The summed E-state index contributed by atoms with van der Waals surface area (Å²) < 4.78 is 5.73. The van der Waals surface area contributed by atoms with Crippen LogP contribution in [0, 0.1) is 6.92 Å². The van der Waals surface area contributed by atoms with Crippen LogP contribution in [0.2, 0.25) is 0 Å². The predicted molar refractivity (Wildman–Crippen MR) is 70.0 cm³/mol. The lowest BCUT2D eigenvalue weighted by molar-refractivity contribution is 0.198. The molecule has 0 bridgehead atoms. The molecule has 0 aliphatic heterocycles. The maximum Gasteiger partial charge on any atom is 0.223 e. The molecule has 0 amide bonds. The molecule has 0 fully saturated rings. The molecule has 4 nitrogen and oxygen atoms in total. The third kappa shape index (κ3) is 5.52. The van der Waals surface area contributed by atoms with E-state index in [0.717, 1.165) is 12.1 Å². The van der Waals surface area contributed by atoms with Crippen LogP contribution >= 0.6 is 0 Å². The van der Waals surface area contributed by atoms with Gasteiger partial charge in [-0.15, -0.1) is 0 Å². The highest BCUT2D eigenvalue weighted by Crippen LogP contribution is 2.14. The van der Waals surface area contributed by atoms with Crippen LogP contribution in [-0.4, -0.2) is 16.1 Å². The Morgan fingerprint density at radius 2 is 2.06 bits per heavy atom. The highest BCUT2D eigenvalue weighted by atomic mass is 16.5. The molecule has 17 heavy (non-hydrogen) atoms. The number of aromatic nitrogens is 2. The fourth-order valence-corrected chi connectivity index (χ4v) is 1.75. The fraction of sp³-hybridized carbons (Fsp3) is 0.692. The molecule has 0 radical (unpaired) electrons. The van der Waals surface area contributed by atoms with Crippen LogP contribution in [-0.2, 0) is 0 Å². The van der Waals surface area contributed by atoms with Crippen molar-refractivity contribution in [3.63, 3.8) is 0 Å². The van der Waals surface area contributed by atoms with E-state index in [1.807, 2.05) is 13.0 Å². The van der Waals surface area contributed by atoms with Crippen molar-refractivity contribution in [3.05, 3.63) is 11.8 Å². The summed E-state index contributed by atoms with van der Waals surface area (Å²) in [4.78, 5) is 8.08. The third-order valence-corrected chi connectivity index (χ3v) is 2.63. The van der Waals surface area contributed by atoms with Crippen molar-refractivity contribution < 1.29 is 4.74 Å². The molecule has 2 N–H and O–H groups in total. The van der Waals surface area contributed by atoms with Crippen molar-refractivity contribution in [1.29, 1.82) is 0 Å². The SMILES string of the molecule is CCCCCCC(C)Oc1cc(C)nc(N)n1. The molecule has 0 aliphatic rings. The normalized spacial score (nSPS) is 12.4. The van der Waals surface area contributed by atoms with Crippen LogP contribution in [0.15, 0.2) is 6.07 Å². The molecule has 1 rings (SSSR count). The van der Waals surface area contributed by atoms with E-state index in [0.29, 0.717) is 5.88 Å². The number of aryl methyl sites for hydroxylation is 1. The van der Waals surface area contributed by atoms with Crippen LogP contribution in [0.5, 0.6) is 5.88 Å². The Labute approximate surface area is 104 Å². The maximum atomic E-state index is 5.73. The lowest BCUT2D eigenvalue weighted by Crippen LogP contribution is -2.13. The zero-order chi connectivity index (χ0) is 12.7. The Hall–Kier alpha value is -1.32. The van der Waals surface area contributed by atoms with Gasteiger partial charge in [-0.3, -0.25) is 0 Å². The first-order valence-corrected chi connectivity index (χ1v) is 6.39. The van der Waals surface area contributed by atoms with Gasteiger partial charge in [-0.05, 0) is 26.7 Å². The summed E-state index contributed by atoms with van der Waals surface area (Å²) in [6.45, 7) is 6.17. The first-order valence-electron chi connectivity index (χ1n) is 6.39. The molecular weight excluding hydrogens is 214 g/mol. The molecule has 0 aliphatic carbocycles. The van der Waals surface area contributed by atoms with E-state index < -0.39 is 0 Å². The van der Waals surface area contributed by atoms with E-state index in [1.165, 1.54) is 25.7 Å². The van der Waals surface area contributed by atoms with Gasteiger partial charge in [0.25, 0.3) is 0 Å². The van der Waals surface area contributed by atoms with Gasteiger partial charge in [0.2, 0.25) is 11.8 Å². The molecule has 1 unspecified atom stereocenters. The molecular formula is C13H23N3O. The lowest BCUT2D eigenvalue weighted by atomic mass is 10.1. The quantitative estimate of drug-likeness (QED) is 0.740. The molecule has 0 saturated heterocycles. The summed E-state index contributed by atoms with van der Waals surface area (Å²) in [5.74, 6) is 0.858. The molecule has 0 spiro atoms. The predicted octanol–water partition coefficient (Wildman–Crippen LogP) is 3.10. The van der Waals surface area contributed by atoms with E-state index in [-0.39, 0.29) is 12.1 Å². The van der Waals surface area contributed by atoms with Gasteiger partial charge in [-0.2, -0.15) is 4.98 Å². The van der Waals surface area contributed by atoms with Gasteiger partial charge in [-0.25, -0.2) is 4.98 Å². The molecule has 1 atom stereocenters. The van der Waals surface area contributed by atoms with E-state index in [1.54, 1.807) is 0 Å². The standard InChI is InChI=1S/C13H23N3O/c1-4-5-6-7-8-11(3)17-12-9-10(2)15-13(14)16-12/h9,11H,4-8H2,1-3H3,(H2,14,15,16). The molecule has 96 valence electrons. The monoisotopic (exact) mass is 237 g/mol. The maximum absolute atomic E-state index is 5.73. The first-order chi connectivity index (χ1) is 8.11. The molecule has 1 aromatic heterocycles. The summed E-state index contributed by atoms with van der Waals surface area (Å²) in [5, 5.41) is 0. The van der Waals surface area contributed by atoms with Gasteiger partial charge in [0.05, 0.1) is 6.10 Å². The smallest absolute Gasteiger partial charge is 0.223 e. The zero-order valence-electron chi connectivity index (χ0n) is 11.1. The first kappa shape index (κ1) is 13.7. The summed E-state index contributed by atoms with van der Waals surface area (Å²) in [6, 6.07) is 1.82. The third-order valence-electron chi connectivity index (χ3n) is 2.63. The van der Waals surface area contributed by atoms with Crippen molar-refractivity contribution in [2.24, 2.45) is 0 Å². The minimum absolute atomic E-state index is 0.181. The van der Waals surface area contributed by atoms with Crippen LogP contribution in [0.1, 0.15) is 51.6 Å². The van der Waals surface area contributed by atoms with E-state index in [9.17, 15) is 0 Å². The van der Waals surface area contributed by atoms with Crippen LogP contribution in [0.3, 0.4) is 0 Å². The van der Waals surface area contributed by atoms with Gasteiger partial charge < -0.3 is 10.5 Å². The molecule has 0 saturated carbocycles. The summed E-state index contributed by atoms with van der Waals surface area (Å²) in [5.41, 5.74) is 6.41. The Bertz CT molecular complexity index is 321. The fourth-order valence-electron chi connectivity index (χ4n) is 1.75. The highest BCUT2D eigenvalue weighted by Gasteiger charge is 2.06. The molecule has 0 aromatic carbocycles. The summed E-state index contributed by atoms with van der Waals surface area (Å²) in [7, 11) is 0. The van der Waals surface area contributed by atoms with Crippen LogP contribution < -0.4 is 10.5 Å². The number of hydrogen-bond acceptors (Lipinski definition) is 4. The second-order valence-corrected chi connectivity index (χ2v) is 4.48.